The lowest BCUT2D eigenvalue weighted by Crippen LogP contribution is -2.13. The Bertz CT molecular complexity index is 620. The summed E-state index contributed by atoms with van der Waals surface area (Å²) in [6.07, 6.45) is 3.24. The minimum atomic E-state index is -0.130. The highest BCUT2D eigenvalue weighted by molar-refractivity contribution is 7.09. The Labute approximate surface area is 122 Å². The molecular formula is C15H16N2O2S. The second-order valence-corrected chi connectivity index (χ2v) is 5.23. The van der Waals surface area contributed by atoms with Gasteiger partial charge < -0.3 is 10.1 Å². The Kier molecular flexibility index (Phi) is 4.90. The van der Waals surface area contributed by atoms with Gasteiger partial charge in [0.1, 0.15) is 12.4 Å². The van der Waals surface area contributed by atoms with Gasteiger partial charge >= 0.3 is 0 Å². The van der Waals surface area contributed by atoms with Crippen LogP contribution in [0.15, 0.2) is 35.7 Å². The summed E-state index contributed by atoms with van der Waals surface area (Å²) in [5, 5.41) is 5.56. The van der Waals surface area contributed by atoms with Gasteiger partial charge in [-0.3, -0.25) is 4.79 Å². The molecule has 0 radical (unpaired) electrons. The Morgan fingerprint density at radius 2 is 2.35 bits per heavy atom. The van der Waals surface area contributed by atoms with E-state index in [1.165, 1.54) is 6.08 Å². The molecule has 0 aliphatic rings. The summed E-state index contributed by atoms with van der Waals surface area (Å²) in [6.45, 7) is 2.42. The van der Waals surface area contributed by atoms with E-state index in [1.54, 1.807) is 24.5 Å². The van der Waals surface area contributed by atoms with Crippen molar-refractivity contribution in [1.29, 1.82) is 0 Å². The fourth-order valence-electron chi connectivity index (χ4n) is 1.60. The average molecular weight is 288 g/mol. The molecule has 0 spiro atoms. The molecule has 1 aromatic heterocycles. The normalized spacial score (nSPS) is 10.7. The van der Waals surface area contributed by atoms with Crippen molar-refractivity contribution in [2.45, 2.75) is 13.5 Å². The maximum Gasteiger partial charge on any atom is 0.243 e. The zero-order valence-corrected chi connectivity index (χ0v) is 12.2. The molecule has 2 aromatic rings. The van der Waals surface area contributed by atoms with Gasteiger partial charge in [-0.1, -0.05) is 12.1 Å². The predicted octanol–water partition coefficient (Wildman–Crippen LogP) is 2.79. The highest BCUT2D eigenvalue weighted by atomic mass is 32.1. The summed E-state index contributed by atoms with van der Waals surface area (Å²) < 4.78 is 5.69. The van der Waals surface area contributed by atoms with Crippen molar-refractivity contribution in [3.05, 3.63) is 52.0 Å². The second kappa shape index (κ2) is 6.86. The smallest absolute Gasteiger partial charge is 0.243 e. The summed E-state index contributed by atoms with van der Waals surface area (Å²) in [4.78, 5) is 15.5. The second-order valence-electron chi connectivity index (χ2n) is 4.17. The van der Waals surface area contributed by atoms with E-state index in [2.05, 4.69) is 10.3 Å². The molecule has 1 amide bonds. The van der Waals surface area contributed by atoms with Crippen LogP contribution in [0, 0.1) is 6.92 Å². The molecule has 4 nitrogen and oxygen atoms in total. The molecular weight excluding hydrogens is 272 g/mol. The maximum absolute atomic E-state index is 11.1. The molecule has 20 heavy (non-hydrogen) atoms. The molecule has 0 fully saturated rings. The van der Waals surface area contributed by atoms with Crippen molar-refractivity contribution in [2.75, 3.05) is 7.05 Å². The first-order valence-corrected chi connectivity index (χ1v) is 7.09. The lowest BCUT2D eigenvalue weighted by molar-refractivity contribution is -0.115. The average Bonchev–Trinajstić information content (AvgIpc) is 2.88. The number of benzene rings is 1. The van der Waals surface area contributed by atoms with Crippen molar-refractivity contribution < 1.29 is 9.53 Å². The zero-order valence-electron chi connectivity index (χ0n) is 11.4. The van der Waals surface area contributed by atoms with Crippen molar-refractivity contribution >= 4 is 23.3 Å². The Balaban J connectivity index is 1.99. The van der Waals surface area contributed by atoms with Crippen LogP contribution < -0.4 is 10.1 Å². The molecule has 0 saturated carbocycles. The third kappa shape index (κ3) is 4.20. The molecule has 0 aliphatic carbocycles. The Morgan fingerprint density at radius 1 is 1.50 bits per heavy atom. The van der Waals surface area contributed by atoms with Crippen molar-refractivity contribution in [1.82, 2.24) is 10.3 Å². The van der Waals surface area contributed by atoms with Gasteiger partial charge in [0.15, 0.2) is 0 Å². The molecule has 1 heterocycles. The number of aryl methyl sites for hydroxylation is 1. The Hall–Kier alpha value is -2.14. The molecule has 1 N–H and O–H groups in total. The van der Waals surface area contributed by atoms with E-state index >= 15 is 0 Å². The number of thiazole rings is 1. The number of nitrogens with one attached hydrogen (secondary N) is 1. The number of hydrogen-bond donors (Lipinski definition) is 1. The fraction of sp³-hybridized carbons (Fsp3) is 0.200. The highest BCUT2D eigenvalue weighted by Gasteiger charge is 2.00. The van der Waals surface area contributed by atoms with Crippen molar-refractivity contribution in [2.24, 2.45) is 0 Å². The molecule has 0 atom stereocenters. The van der Waals surface area contributed by atoms with Crippen molar-refractivity contribution in [3.63, 3.8) is 0 Å². The molecule has 0 unspecified atom stereocenters. The van der Waals surface area contributed by atoms with Crippen LogP contribution in [-0.2, 0) is 11.4 Å². The van der Waals surface area contributed by atoms with Crippen molar-refractivity contribution in [3.8, 4) is 5.75 Å². The third-order valence-electron chi connectivity index (χ3n) is 2.58. The summed E-state index contributed by atoms with van der Waals surface area (Å²) >= 11 is 1.61. The van der Waals surface area contributed by atoms with Crippen LogP contribution in [0.5, 0.6) is 5.75 Å². The lowest BCUT2D eigenvalue weighted by Gasteiger charge is -2.05. The first kappa shape index (κ1) is 14.3. The number of carbonyl (C=O) groups is 1. The monoisotopic (exact) mass is 288 g/mol. The predicted molar refractivity (Wildman–Crippen MR) is 80.7 cm³/mol. The molecule has 0 bridgehead atoms. The summed E-state index contributed by atoms with van der Waals surface area (Å²) in [6, 6.07) is 7.58. The molecule has 0 saturated heterocycles. The van der Waals surface area contributed by atoms with E-state index in [0.717, 1.165) is 22.0 Å². The molecule has 1 aromatic carbocycles. The quantitative estimate of drug-likeness (QED) is 0.861. The highest BCUT2D eigenvalue weighted by Crippen LogP contribution is 2.17. The number of aromatic nitrogens is 1. The number of ether oxygens (including phenoxy) is 1. The van der Waals surface area contributed by atoms with Crippen LogP contribution in [0.1, 0.15) is 16.3 Å². The summed E-state index contributed by atoms with van der Waals surface area (Å²) in [5.74, 6) is 0.629. The topological polar surface area (TPSA) is 51.2 Å². The van der Waals surface area contributed by atoms with Gasteiger partial charge in [0, 0.05) is 18.5 Å². The standard InChI is InChI=1S/C15H16N2O2S/c1-11-17-13(10-20-11)9-19-14-5-3-4-12(8-14)6-7-15(18)16-2/h3-8,10H,9H2,1-2H3,(H,16,18)/b7-6+. The van der Waals surface area contributed by atoms with E-state index in [4.69, 9.17) is 4.74 Å². The lowest BCUT2D eigenvalue weighted by atomic mass is 10.2. The van der Waals surface area contributed by atoms with Gasteiger partial charge in [0.05, 0.1) is 10.7 Å². The van der Waals surface area contributed by atoms with E-state index in [9.17, 15) is 4.79 Å². The SMILES string of the molecule is CNC(=O)/C=C/c1cccc(OCc2csc(C)n2)c1. The number of hydrogen-bond acceptors (Lipinski definition) is 4. The third-order valence-corrected chi connectivity index (χ3v) is 3.41. The number of carbonyl (C=O) groups excluding carboxylic acids is 1. The van der Waals surface area contributed by atoms with Gasteiger partial charge in [-0.05, 0) is 30.7 Å². The number of amides is 1. The summed E-state index contributed by atoms with van der Waals surface area (Å²) in [5.41, 5.74) is 1.85. The van der Waals surface area contributed by atoms with Gasteiger partial charge in [0.2, 0.25) is 5.91 Å². The van der Waals surface area contributed by atoms with Crippen LogP contribution in [0.4, 0.5) is 0 Å². The molecule has 5 heteroatoms. The Morgan fingerprint density at radius 3 is 3.05 bits per heavy atom. The van der Waals surface area contributed by atoms with Crippen LogP contribution in [-0.4, -0.2) is 17.9 Å². The minimum absolute atomic E-state index is 0.130. The minimum Gasteiger partial charge on any atom is -0.487 e. The molecule has 2 rings (SSSR count). The molecule has 0 aliphatic heterocycles. The van der Waals surface area contributed by atoms with E-state index in [-0.39, 0.29) is 5.91 Å². The van der Waals surface area contributed by atoms with E-state index in [0.29, 0.717) is 6.61 Å². The van der Waals surface area contributed by atoms with Crippen LogP contribution in [0.3, 0.4) is 0 Å². The van der Waals surface area contributed by atoms with E-state index in [1.807, 2.05) is 36.6 Å². The fourth-order valence-corrected chi connectivity index (χ4v) is 2.19. The number of likely N-dealkylation sites (N-methyl/N-ethyl adjacent to an activating group) is 1. The van der Waals surface area contributed by atoms with Gasteiger partial charge in [-0.25, -0.2) is 4.98 Å². The number of rotatable bonds is 5. The first-order chi connectivity index (χ1) is 9.67. The maximum atomic E-state index is 11.1. The van der Waals surface area contributed by atoms with E-state index < -0.39 is 0 Å². The van der Waals surface area contributed by atoms with Crippen LogP contribution in [0.2, 0.25) is 0 Å². The number of nitrogens with zero attached hydrogens (tertiary/aromatic N) is 1. The largest absolute Gasteiger partial charge is 0.487 e. The van der Waals surface area contributed by atoms with Gasteiger partial charge in [-0.2, -0.15) is 0 Å². The zero-order chi connectivity index (χ0) is 14.4. The van der Waals surface area contributed by atoms with Gasteiger partial charge in [0.25, 0.3) is 0 Å². The van der Waals surface area contributed by atoms with Crippen LogP contribution in [0.25, 0.3) is 6.08 Å². The molecule has 104 valence electrons. The van der Waals surface area contributed by atoms with Crippen LogP contribution >= 0.6 is 11.3 Å². The summed E-state index contributed by atoms with van der Waals surface area (Å²) in [7, 11) is 1.60. The van der Waals surface area contributed by atoms with Gasteiger partial charge in [-0.15, -0.1) is 11.3 Å². The first-order valence-electron chi connectivity index (χ1n) is 6.21.